The average Bonchev–Trinajstić information content (AvgIpc) is 3.15. The van der Waals surface area contributed by atoms with Gasteiger partial charge in [-0.05, 0) is 57.4 Å². The number of carbonyl (C=O) groups excluding carboxylic acids is 1. The third-order valence-corrected chi connectivity index (χ3v) is 4.61. The second-order valence-electron chi connectivity index (χ2n) is 6.71. The third kappa shape index (κ3) is 4.91. The third-order valence-electron chi connectivity index (χ3n) is 4.61. The van der Waals surface area contributed by atoms with Crippen LogP contribution in [0.25, 0.3) is 6.08 Å². The molecule has 0 aliphatic carbocycles. The maximum atomic E-state index is 12.7. The number of nitrogens with zero attached hydrogens (tertiary/aromatic N) is 3. The van der Waals surface area contributed by atoms with Crippen LogP contribution < -0.4 is 9.47 Å². The Morgan fingerprint density at radius 3 is 2.79 bits per heavy atom. The van der Waals surface area contributed by atoms with Gasteiger partial charge in [-0.2, -0.15) is 4.98 Å². The van der Waals surface area contributed by atoms with Crippen LogP contribution in [-0.2, 0) is 4.79 Å². The Bertz CT molecular complexity index is 831. The first-order chi connectivity index (χ1) is 13.6. The highest BCUT2D eigenvalue weighted by molar-refractivity contribution is 5.92. The van der Waals surface area contributed by atoms with E-state index in [2.05, 4.69) is 10.1 Å². The van der Waals surface area contributed by atoms with Crippen LogP contribution in [0.3, 0.4) is 0 Å². The summed E-state index contributed by atoms with van der Waals surface area (Å²) in [6, 6.07) is 5.67. The highest BCUT2D eigenvalue weighted by Gasteiger charge is 2.27. The zero-order chi connectivity index (χ0) is 19.9. The molecule has 2 heterocycles. The predicted molar refractivity (Wildman–Crippen MR) is 105 cm³/mol. The summed E-state index contributed by atoms with van der Waals surface area (Å²) in [6.45, 7) is 8.12. The molecule has 1 unspecified atom stereocenters. The van der Waals surface area contributed by atoms with Crippen LogP contribution in [0.2, 0.25) is 0 Å². The second-order valence-corrected chi connectivity index (χ2v) is 6.71. The van der Waals surface area contributed by atoms with Gasteiger partial charge >= 0.3 is 0 Å². The van der Waals surface area contributed by atoms with Gasteiger partial charge in [0.1, 0.15) is 0 Å². The zero-order valence-corrected chi connectivity index (χ0v) is 16.7. The molecular weight excluding hydrogens is 358 g/mol. The molecule has 0 saturated carbocycles. The van der Waals surface area contributed by atoms with Gasteiger partial charge in [0.25, 0.3) is 0 Å². The molecule has 28 heavy (non-hydrogen) atoms. The number of piperidine rings is 1. The SMILES string of the molecule is CCOc1ccc(/C=C/C(=O)N2CCCC(c3nc(C)no3)C2)cc1OCC. The molecule has 1 fully saturated rings. The quantitative estimate of drug-likeness (QED) is 0.678. The fraction of sp³-hybridized carbons (Fsp3) is 0.476. The first kappa shape index (κ1) is 19.9. The number of benzene rings is 1. The number of hydrogen-bond donors (Lipinski definition) is 0. The Labute approximate surface area is 165 Å². The minimum atomic E-state index is -0.0206. The van der Waals surface area contributed by atoms with Gasteiger partial charge in [-0.3, -0.25) is 4.79 Å². The van der Waals surface area contributed by atoms with E-state index in [1.807, 2.05) is 36.9 Å². The molecule has 0 spiro atoms. The van der Waals surface area contributed by atoms with E-state index in [1.54, 1.807) is 19.1 Å². The lowest BCUT2D eigenvalue weighted by Crippen LogP contribution is -2.38. The van der Waals surface area contributed by atoms with Crippen molar-refractivity contribution in [3.8, 4) is 11.5 Å². The number of carbonyl (C=O) groups is 1. The van der Waals surface area contributed by atoms with Crippen molar-refractivity contribution in [2.24, 2.45) is 0 Å². The molecule has 1 aliphatic rings. The fourth-order valence-electron chi connectivity index (χ4n) is 3.30. The molecule has 1 aliphatic heterocycles. The summed E-state index contributed by atoms with van der Waals surface area (Å²) >= 11 is 0. The topological polar surface area (TPSA) is 77.7 Å². The molecule has 3 rings (SSSR count). The molecule has 1 aromatic heterocycles. The van der Waals surface area contributed by atoms with Gasteiger partial charge < -0.3 is 18.9 Å². The molecule has 7 nitrogen and oxygen atoms in total. The average molecular weight is 385 g/mol. The smallest absolute Gasteiger partial charge is 0.246 e. The van der Waals surface area contributed by atoms with Crippen LogP contribution in [0.15, 0.2) is 28.8 Å². The highest BCUT2D eigenvalue weighted by Crippen LogP contribution is 2.29. The minimum absolute atomic E-state index is 0.0206. The number of aromatic nitrogens is 2. The summed E-state index contributed by atoms with van der Waals surface area (Å²) in [7, 11) is 0. The van der Waals surface area contributed by atoms with Gasteiger partial charge in [-0.25, -0.2) is 0 Å². The highest BCUT2D eigenvalue weighted by atomic mass is 16.5. The normalized spacial score (nSPS) is 17.1. The lowest BCUT2D eigenvalue weighted by Gasteiger charge is -2.30. The standard InChI is InChI=1S/C21H27N3O4/c1-4-26-18-10-8-16(13-19(18)27-5-2)9-11-20(25)24-12-6-7-17(14-24)21-22-15(3)23-28-21/h8-11,13,17H,4-7,12,14H2,1-3H3/b11-9+. The predicted octanol–water partition coefficient (Wildman–Crippen LogP) is 3.59. The van der Waals surface area contributed by atoms with Crippen LogP contribution in [0.4, 0.5) is 0 Å². The molecule has 7 heteroatoms. The molecule has 1 aromatic carbocycles. The van der Waals surface area contributed by atoms with Crippen molar-refractivity contribution in [2.45, 2.75) is 39.5 Å². The van der Waals surface area contributed by atoms with Crippen molar-refractivity contribution < 1.29 is 18.8 Å². The minimum Gasteiger partial charge on any atom is -0.490 e. The van der Waals surface area contributed by atoms with Crippen molar-refractivity contribution >= 4 is 12.0 Å². The van der Waals surface area contributed by atoms with E-state index in [0.29, 0.717) is 43.0 Å². The van der Waals surface area contributed by atoms with Gasteiger partial charge in [0.15, 0.2) is 17.3 Å². The summed E-state index contributed by atoms with van der Waals surface area (Å²) in [6.07, 6.45) is 5.28. The van der Waals surface area contributed by atoms with Gasteiger partial charge in [-0.1, -0.05) is 11.2 Å². The summed E-state index contributed by atoms with van der Waals surface area (Å²) in [5.74, 6) is 2.71. The maximum absolute atomic E-state index is 12.7. The molecule has 0 bridgehead atoms. The Hall–Kier alpha value is -2.83. The number of rotatable bonds is 7. The van der Waals surface area contributed by atoms with Crippen LogP contribution in [-0.4, -0.2) is 47.3 Å². The molecule has 1 atom stereocenters. The monoisotopic (exact) mass is 385 g/mol. The van der Waals surface area contributed by atoms with E-state index in [9.17, 15) is 4.79 Å². The van der Waals surface area contributed by atoms with Crippen molar-refractivity contribution in [1.29, 1.82) is 0 Å². The number of likely N-dealkylation sites (tertiary alicyclic amines) is 1. The van der Waals surface area contributed by atoms with Crippen LogP contribution in [0.1, 0.15) is 49.9 Å². The van der Waals surface area contributed by atoms with Crippen molar-refractivity contribution in [3.05, 3.63) is 41.6 Å². The Kier molecular flexibility index (Phi) is 6.68. The van der Waals surface area contributed by atoms with Crippen molar-refractivity contribution in [2.75, 3.05) is 26.3 Å². The molecule has 0 radical (unpaired) electrons. The van der Waals surface area contributed by atoms with E-state index in [4.69, 9.17) is 14.0 Å². The van der Waals surface area contributed by atoms with Gasteiger partial charge in [0.05, 0.1) is 19.1 Å². The molecule has 2 aromatic rings. The number of amides is 1. The molecular formula is C21H27N3O4. The van der Waals surface area contributed by atoms with Crippen LogP contribution in [0, 0.1) is 6.92 Å². The summed E-state index contributed by atoms with van der Waals surface area (Å²) in [5, 5.41) is 3.86. The van der Waals surface area contributed by atoms with E-state index in [-0.39, 0.29) is 11.8 Å². The van der Waals surface area contributed by atoms with E-state index >= 15 is 0 Å². The Morgan fingerprint density at radius 1 is 1.29 bits per heavy atom. The lowest BCUT2D eigenvalue weighted by atomic mass is 9.98. The van der Waals surface area contributed by atoms with E-state index in [0.717, 1.165) is 24.9 Å². The van der Waals surface area contributed by atoms with Crippen LogP contribution >= 0.6 is 0 Å². The first-order valence-corrected chi connectivity index (χ1v) is 9.77. The number of aryl methyl sites for hydroxylation is 1. The zero-order valence-electron chi connectivity index (χ0n) is 16.7. The van der Waals surface area contributed by atoms with Gasteiger partial charge in [-0.15, -0.1) is 0 Å². The van der Waals surface area contributed by atoms with Crippen molar-refractivity contribution in [3.63, 3.8) is 0 Å². The molecule has 150 valence electrons. The fourth-order valence-corrected chi connectivity index (χ4v) is 3.30. The van der Waals surface area contributed by atoms with Gasteiger partial charge in [0, 0.05) is 19.2 Å². The largest absolute Gasteiger partial charge is 0.490 e. The molecule has 1 amide bonds. The van der Waals surface area contributed by atoms with Crippen LogP contribution in [0.5, 0.6) is 11.5 Å². The summed E-state index contributed by atoms with van der Waals surface area (Å²) < 4.78 is 16.5. The van der Waals surface area contributed by atoms with Crippen molar-refractivity contribution in [1.82, 2.24) is 15.0 Å². The first-order valence-electron chi connectivity index (χ1n) is 9.77. The Balaban J connectivity index is 1.66. The van der Waals surface area contributed by atoms with E-state index in [1.165, 1.54) is 0 Å². The second kappa shape index (κ2) is 9.39. The summed E-state index contributed by atoms with van der Waals surface area (Å²) in [5.41, 5.74) is 0.890. The van der Waals surface area contributed by atoms with Gasteiger partial charge in [0.2, 0.25) is 11.8 Å². The lowest BCUT2D eigenvalue weighted by molar-refractivity contribution is -0.127. The van der Waals surface area contributed by atoms with E-state index < -0.39 is 0 Å². The maximum Gasteiger partial charge on any atom is 0.246 e. The molecule has 1 saturated heterocycles. The molecule has 0 N–H and O–H groups in total. The number of hydrogen-bond acceptors (Lipinski definition) is 6. The Morgan fingerprint density at radius 2 is 2.07 bits per heavy atom. The number of ether oxygens (including phenoxy) is 2. The summed E-state index contributed by atoms with van der Waals surface area (Å²) in [4.78, 5) is 18.8.